The summed E-state index contributed by atoms with van der Waals surface area (Å²) in [6.07, 6.45) is 1.09. The lowest BCUT2D eigenvalue weighted by molar-refractivity contribution is 0.974. The van der Waals surface area contributed by atoms with Crippen LogP contribution in [0, 0.1) is 0 Å². The fraction of sp³-hybridized carbons (Fsp3) is 0.273. The standard InChI is InChI=1S/C11H15N3/c1-2-7-13-11-10(12)8-5-3-4-6-9(8)14-11/h3-6,13-14H,2,7,12H2,1H3. The number of para-hydroxylation sites is 1. The molecule has 74 valence electrons. The van der Waals surface area contributed by atoms with Gasteiger partial charge >= 0.3 is 0 Å². The topological polar surface area (TPSA) is 53.8 Å². The van der Waals surface area contributed by atoms with Crippen LogP contribution in [0.1, 0.15) is 13.3 Å². The number of benzene rings is 1. The Bertz CT molecular complexity index is 431. The van der Waals surface area contributed by atoms with E-state index in [1.54, 1.807) is 0 Å². The van der Waals surface area contributed by atoms with Gasteiger partial charge in [-0.05, 0) is 12.5 Å². The zero-order valence-corrected chi connectivity index (χ0v) is 8.30. The lowest BCUT2D eigenvalue weighted by atomic mass is 10.2. The molecule has 0 spiro atoms. The number of hydrogen-bond acceptors (Lipinski definition) is 2. The average Bonchev–Trinajstić information content (AvgIpc) is 2.54. The van der Waals surface area contributed by atoms with Gasteiger partial charge in [0.2, 0.25) is 0 Å². The van der Waals surface area contributed by atoms with Crippen molar-refractivity contribution in [3.05, 3.63) is 24.3 Å². The Hall–Kier alpha value is -1.64. The van der Waals surface area contributed by atoms with Gasteiger partial charge < -0.3 is 16.0 Å². The Labute approximate surface area is 83.3 Å². The number of aromatic nitrogens is 1. The number of aromatic amines is 1. The number of H-pyrrole nitrogens is 1. The van der Waals surface area contributed by atoms with Crippen LogP contribution >= 0.6 is 0 Å². The van der Waals surface area contributed by atoms with Crippen molar-refractivity contribution >= 4 is 22.4 Å². The predicted molar refractivity (Wildman–Crippen MR) is 61.5 cm³/mol. The number of rotatable bonds is 3. The zero-order chi connectivity index (χ0) is 9.97. The molecule has 0 radical (unpaired) electrons. The molecule has 0 unspecified atom stereocenters. The van der Waals surface area contributed by atoms with Crippen LogP contribution in [-0.2, 0) is 0 Å². The summed E-state index contributed by atoms with van der Waals surface area (Å²) in [7, 11) is 0. The minimum Gasteiger partial charge on any atom is -0.395 e. The van der Waals surface area contributed by atoms with E-state index in [2.05, 4.69) is 17.2 Å². The van der Waals surface area contributed by atoms with Crippen LogP contribution < -0.4 is 11.1 Å². The van der Waals surface area contributed by atoms with Crippen molar-refractivity contribution in [2.24, 2.45) is 0 Å². The van der Waals surface area contributed by atoms with Crippen LogP contribution in [0.5, 0.6) is 0 Å². The number of nitrogens with two attached hydrogens (primary N) is 1. The molecule has 0 atom stereocenters. The van der Waals surface area contributed by atoms with Crippen LogP contribution in [-0.4, -0.2) is 11.5 Å². The van der Waals surface area contributed by atoms with Gasteiger partial charge in [0, 0.05) is 17.4 Å². The molecule has 2 rings (SSSR count). The monoisotopic (exact) mass is 189 g/mol. The molecule has 0 amide bonds. The summed E-state index contributed by atoms with van der Waals surface area (Å²) >= 11 is 0. The lowest BCUT2D eigenvalue weighted by Gasteiger charge is -2.01. The third-order valence-electron chi connectivity index (χ3n) is 2.30. The maximum absolute atomic E-state index is 5.99. The van der Waals surface area contributed by atoms with Crippen molar-refractivity contribution in [1.82, 2.24) is 4.98 Å². The second kappa shape index (κ2) is 3.62. The summed E-state index contributed by atoms with van der Waals surface area (Å²) in [6, 6.07) is 8.05. The van der Waals surface area contributed by atoms with Gasteiger partial charge in [-0.3, -0.25) is 0 Å². The highest BCUT2D eigenvalue weighted by molar-refractivity contribution is 5.98. The number of hydrogen-bond donors (Lipinski definition) is 3. The fourth-order valence-corrected chi connectivity index (χ4v) is 1.55. The molecule has 3 nitrogen and oxygen atoms in total. The number of nitrogens with one attached hydrogen (secondary N) is 2. The first-order chi connectivity index (χ1) is 6.83. The highest BCUT2D eigenvalue weighted by Crippen LogP contribution is 2.28. The molecular formula is C11H15N3. The maximum atomic E-state index is 5.99. The summed E-state index contributed by atoms with van der Waals surface area (Å²) in [5.74, 6) is 0.938. The van der Waals surface area contributed by atoms with E-state index in [4.69, 9.17) is 5.73 Å². The number of fused-ring (bicyclic) bond motifs is 1. The minimum absolute atomic E-state index is 0.814. The molecular weight excluding hydrogens is 174 g/mol. The molecule has 1 aromatic heterocycles. The number of anilines is 2. The molecule has 1 heterocycles. The normalized spacial score (nSPS) is 10.6. The van der Waals surface area contributed by atoms with Gasteiger partial charge in [0.1, 0.15) is 5.82 Å². The van der Waals surface area contributed by atoms with Crippen LogP contribution in [0.25, 0.3) is 10.9 Å². The van der Waals surface area contributed by atoms with E-state index < -0.39 is 0 Å². The smallest absolute Gasteiger partial charge is 0.128 e. The van der Waals surface area contributed by atoms with Crippen molar-refractivity contribution in [2.75, 3.05) is 17.6 Å². The van der Waals surface area contributed by atoms with E-state index in [-0.39, 0.29) is 0 Å². The molecule has 0 fully saturated rings. The molecule has 0 bridgehead atoms. The first-order valence-corrected chi connectivity index (χ1v) is 4.93. The summed E-state index contributed by atoms with van der Waals surface area (Å²) in [4.78, 5) is 3.26. The van der Waals surface area contributed by atoms with Crippen molar-refractivity contribution in [2.45, 2.75) is 13.3 Å². The third kappa shape index (κ3) is 1.41. The molecule has 0 aliphatic carbocycles. The SMILES string of the molecule is CCCNc1[nH]c2ccccc2c1N. The third-order valence-corrected chi connectivity index (χ3v) is 2.30. The van der Waals surface area contributed by atoms with Gasteiger partial charge in [-0.1, -0.05) is 25.1 Å². The Kier molecular flexibility index (Phi) is 2.31. The Morgan fingerprint density at radius 2 is 2.14 bits per heavy atom. The predicted octanol–water partition coefficient (Wildman–Crippen LogP) is 2.57. The van der Waals surface area contributed by atoms with Gasteiger partial charge in [0.15, 0.2) is 0 Å². The van der Waals surface area contributed by atoms with E-state index >= 15 is 0 Å². The second-order valence-electron chi connectivity index (χ2n) is 3.39. The van der Waals surface area contributed by atoms with Crippen LogP contribution in [0.3, 0.4) is 0 Å². The first kappa shape index (κ1) is 8.94. The first-order valence-electron chi connectivity index (χ1n) is 4.93. The van der Waals surface area contributed by atoms with Gasteiger partial charge in [-0.25, -0.2) is 0 Å². The van der Waals surface area contributed by atoms with Crippen LogP contribution in [0.2, 0.25) is 0 Å². The number of nitrogen functional groups attached to an aromatic ring is 1. The Morgan fingerprint density at radius 3 is 2.86 bits per heavy atom. The fourth-order valence-electron chi connectivity index (χ4n) is 1.55. The van der Waals surface area contributed by atoms with Crippen molar-refractivity contribution < 1.29 is 0 Å². The van der Waals surface area contributed by atoms with Gasteiger partial charge in [0.05, 0.1) is 5.69 Å². The van der Waals surface area contributed by atoms with E-state index in [1.165, 1.54) is 0 Å². The zero-order valence-electron chi connectivity index (χ0n) is 8.30. The summed E-state index contributed by atoms with van der Waals surface area (Å²) in [5.41, 5.74) is 7.89. The van der Waals surface area contributed by atoms with E-state index in [0.29, 0.717) is 0 Å². The van der Waals surface area contributed by atoms with Crippen LogP contribution in [0.4, 0.5) is 11.5 Å². The minimum atomic E-state index is 0.814. The van der Waals surface area contributed by atoms with Gasteiger partial charge in [-0.15, -0.1) is 0 Å². The van der Waals surface area contributed by atoms with Crippen LogP contribution in [0.15, 0.2) is 24.3 Å². The molecule has 0 saturated carbocycles. The summed E-state index contributed by atoms with van der Waals surface area (Å²) < 4.78 is 0. The summed E-state index contributed by atoms with van der Waals surface area (Å²) in [5, 5.41) is 4.36. The Morgan fingerprint density at radius 1 is 1.36 bits per heavy atom. The highest BCUT2D eigenvalue weighted by Gasteiger charge is 2.05. The van der Waals surface area contributed by atoms with E-state index in [0.717, 1.165) is 35.4 Å². The lowest BCUT2D eigenvalue weighted by Crippen LogP contribution is -2.01. The maximum Gasteiger partial charge on any atom is 0.128 e. The molecule has 0 aliphatic heterocycles. The highest BCUT2D eigenvalue weighted by atomic mass is 15.0. The van der Waals surface area contributed by atoms with Gasteiger partial charge in [-0.2, -0.15) is 0 Å². The summed E-state index contributed by atoms with van der Waals surface area (Å²) in [6.45, 7) is 3.07. The molecule has 0 aliphatic rings. The quantitative estimate of drug-likeness (QED) is 0.695. The largest absolute Gasteiger partial charge is 0.395 e. The van der Waals surface area contributed by atoms with E-state index in [1.807, 2.05) is 24.3 Å². The molecule has 14 heavy (non-hydrogen) atoms. The molecule has 0 saturated heterocycles. The van der Waals surface area contributed by atoms with Crippen molar-refractivity contribution in [3.8, 4) is 0 Å². The second-order valence-corrected chi connectivity index (χ2v) is 3.39. The molecule has 3 heteroatoms. The van der Waals surface area contributed by atoms with E-state index in [9.17, 15) is 0 Å². The van der Waals surface area contributed by atoms with Crippen molar-refractivity contribution in [3.63, 3.8) is 0 Å². The Balaban J connectivity index is 2.41. The average molecular weight is 189 g/mol. The molecule has 4 N–H and O–H groups in total. The molecule has 2 aromatic rings. The molecule has 1 aromatic carbocycles. The van der Waals surface area contributed by atoms with Gasteiger partial charge in [0.25, 0.3) is 0 Å². The van der Waals surface area contributed by atoms with Crippen molar-refractivity contribution in [1.29, 1.82) is 0 Å².